The number of hydrogen-bond donors (Lipinski definition) is 1. The second kappa shape index (κ2) is 7.13. The van der Waals surface area contributed by atoms with Crippen molar-refractivity contribution in [1.29, 1.82) is 0 Å². The van der Waals surface area contributed by atoms with Gasteiger partial charge in [0.1, 0.15) is 11.9 Å². The normalized spacial score (nSPS) is 13.4. The predicted octanol–water partition coefficient (Wildman–Crippen LogP) is 3.43. The van der Waals surface area contributed by atoms with E-state index in [9.17, 15) is 0 Å². The van der Waals surface area contributed by atoms with Crippen molar-refractivity contribution in [2.45, 2.75) is 39.3 Å². The van der Waals surface area contributed by atoms with E-state index < -0.39 is 0 Å². The van der Waals surface area contributed by atoms with Gasteiger partial charge >= 0.3 is 0 Å². The molecule has 19 heavy (non-hydrogen) atoms. The van der Waals surface area contributed by atoms with Crippen LogP contribution in [-0.2, 0) is 4.74 Å². The molecule has 1 N–H and O–H groups in total. The lowest BCUT2D eigenvalue weighted by Crippen LogP contribution is -2.44. The lowest BCUT2D eigenvalue weighted by atomic mass is 10.1. The van der Waals surface area contributed by atoms with E-state index in [4.69, 9.17) is 21.1 Å². The summed E-state index contributed by atoms with van der Waals surface area (Å²) in [6, 6.07) is 5.64. The molecule has 0 heterocycles. The first kappa shape index (κ1) is 16.3. The van der Waals surface area contributed by atoms with Crippen molar-refractivity contribution in [3.63, 3.8) is 0 Å². The maximum atomic E-state index is 5.99. The number of benzene rings is 1. The van der Waals surface area contributed by atoms with Crippen LogP contribution in [0.4, 0.5) is 0 Å². The first-order valence-electron chi connectivity index (χ1n) is 6.48. The van der Waals surface area contributed by atoms with Gasteiger partial charge in [-0.1, -0.05) is 11.6 Å². The Kier molecular flexibility index (Phi) is 6.11. The Morgan fingerprint density at radius 3 is 2.53 bits per heavy atom. The predicted molar refractivity (Wildman–Crippen MR) is 80.2 cm³/mol. The third-order valence-corrected chi connectivity index (χ3v) is 2.88. The summed E-state index contributed by atoms with van der Waals surface area (Å²) >= 11 is 5.94. The zero-order chi connectivity index (χ0) is 14.5. The highest BCUT2D eigenvalue weighted by Crippen LogP contribution is 2.22. The van der Waals surface area contributed by atoms with Gasteiger partial charge in [0.2, 0.25) is 0 Å². The molecular formula is C15H24ClNO2. The number of aryl methyl sites for hydroxylation is 1. The maximum Gasteiger partial charge on any atom is 0.134 e. The van der Waals surface area contributed by atoms with E-state index in [1.807, 2.05) is 25.1 Å². The van der Waals surface area contributed by atoms with E-state index in [-0.39, 0.29) is 11.6 Å². The lowest BCUT2D eigenvalue weighted by molar-refractivity contribution is 0.0760. The standard InChI is InChI=1S/C15H24ClNO2/c1-11-8-12(16)6-7-14(11)19-13(10-18-5)9-17-15(2,3)4/h6-8,13,17H,9-10H2,1-5H3. The van der Waals surface area contributed by atoms with E-state index in [0.29, 0.717) is 6.61 Å². The second-order valence-corrected chi connectivity index (χ2v) is 6.17. The summed E-state index contributed by atoms with van der Waals surface area (Å²) in [7, 11) is 1.68. The van der Waals surface area contributed by atoms with Crippen LogP contribution >= 0.6 is 11.6 Å². The van der Waals surface area contributed by atoms with Crippen LogP contribution in [0.25, 0.3) is 0 Å². The van der Waals surface area contributed by atoms with Gasteiger partial charge < -0.3 is 14.8 Å². The van der Waals surface area contributed by atoms with Crippen molar-refractivity contribution in [2.75, 3.05) is 20.3 Å². The van der Waals surface area contributed by atoms with Crippen LogP contribution in [-0.4, -0.2) is 31.9 Å². The minimum absolute atomic E-state index is 0.0240. The van der Waals surface area contributed by atoms with Crippen LogP contribution < -0.4 is 10.1 Å². The van der Waals surface area contributed by atoms with Gasteiger partial charge in [-0.15, -0.1) is 0 Å². The molecule has 4 heteroatoms. The fraction of sp³-hybridized carbons (Fsp3) is 0.600. The summed E-state index contributed by atoms with van der Waals surface area (Å²) in [5.74, 6) is 0.849. The molecule has 0 aliphatic rings. The number of methoxy groups -OCH3 is 1. The van der Waals surface area contributed by atoms with Gasteiger partial charge in [0.15, 0.2) is 0 Å². The van der Waals surface area contributed by atoms with Crippen LogP contribution in [0.15, 0.2) is 18.2 Å². The molecule has 3 nitrogen and oxygen atoms in total. The van der Waals surface area contributed by atoms with E-state index in [1.54, 1.807) is 7.11 Å². The molecule has 0 aliphatic carbocycles. The van der Waals surface area contributed by atoms with Crippen LogP contribution in [0.5, 0.6) is 5.75 Å². The van der Waals surface area contributed by atoms with Crippen LogP contribution in [0.1, 0.15) is 26.3 Å². The van der Waals surface area contributed by atoms with Gasteiger partial charge in [-0.25, -0.2) is 0 Å². The van der Waals surface area contributed by atoms with Gasteiger partial charge in [-0.3, -0.25) is 0 Å². The van der Waals surface area contributed by atoms with Gasteiger partial charge in [0.05, 0.1) is 6.61 Å². The fourth-order valence-corrected chi connectivity index (χ4v) is 1.89. The molecular weight excluding hydrogens is 262 g/mol. The topological polar surface area (TPSA) is 30.5 Å². The zero-order valence-corrected chi connectivity index (χ0v) is 13.2. The Bertz CT molecular complexity index is 402. The van der Waals surface area contributed by atoms with Crippen molar-refractivity contribution in [2.24, 2.45) is 0 Å². The van der Waals surface area contributed by atoms with Crippen LogP contribution in [0.2, 0.25) is 5.02 Å². The Morgan fingerprint density at radius 2 is 2.00 bits per heavy atom. The number of nitrogens with one attached hydrogen (secondary N) is 1. The molecule has 0 aliphatic heterocycles. The Hall–Kier alpha value is -0.770. The highest BCUT2D eigenvalue weighted by Gasteiger charge is 2.16. The first-order valence-corrected chi connectivity index (χ1v) is 6.86. The van der Waals surface area contributed by atoms with Crippen LogP contribution in [0.3, 0.4) is 0 Å². The monoisotopic (exact) mass is 285 g/mol. The minimum Gasteiger partial charge on any atom is -0.486 e. The Morgan fingerprint density at radius 1 is 1.32 bits per heavy atom. The average Bonchev–Trinajstić information content (AvgIpc) is 2.28. The molecule has 0 saturated heterocycles. The quantitative estimate of drug-likeness (QED) is 0.869. The van der Waals surface area contributed by atoms with E-state index in [1.165, 1.54) is 0 Å². The molecule has 108 valence electrons. The number of ether oxygens (including phenoxy) is 2. The zero-order valence-electron chi connectivity index (χ0n) is 12.4. The summed E-state index contributed by atoms with van der Waals surface area (Å²) in [6.45, 7) is 9.66. The third-order valence-electron chi connectivity index (χ3n) is 2.64. The number of hydrogen-bond acceptors (Lipinski definition) is 3. The van der Waals surface area contributed by atoms with Crippen molar-refractivity contribution in [3.05, 3.63) is 28.8 Å². The molecule has 0 fully saturated rings. The summed E-state index contributed by atoms with van der Waals surface area (Å²) in [4.78, 5) is 0. The smallest absolute Gasteiger partial charge is 0.134 e. The van der Waals surface area contributed by atoms with Crippen LogP contribution in [0, 0.1) is 6.92 Å². The molecule has 0 spiro atoms. The maximum absolute atomic E-state index is 5.99. The summed E-state index contributed by atoms with van der Waals surface area (Å²) in [5.41, 5.74) is 1.09. The molecule has 1 atom stereocenters. The molecule has 0 radical (unpaired) electrons. The lowest BCUT2D eigenvalue weighted by Gasteiger charge is -2.26. The highest BCUT2D eigenvalue weighted by atomic mass is 35.5. The SMILES string of the molecule is COCC(CNC(C)(C)C)Oc1ccc(Cl)cc1C. The number of rotatable bonds is 6. The average molecular weight is 286 g/mol. The summed E-state index contributed by atoms with van der Waals surface area (Å²) < 4.78 is 11.2. The first-order chi connectivity index (χ1) is 8.81. The Labute approximate surface area is 121 Å². The minimum atomic E-state index is -0.0240. The Balaban J connectivity index is 2.67. The molecule has 1 aromatic rings. The number of halogens is 1. The summed E-state index contributed by atoms with van der Waals surface area (Å²) in [6.07, 6.45) is -0.0240. The van der Waals surface area contributed by atoms with Gasteiger partial charge in [0.25, 0.3) is 0 Å². The van der Waals surface area contributed by atoms with E-state index in [2.05, 4.69) is 26.1 Å². The molecule has 1 rings (SSSR count). The molecule has 1 aromatic carbocycles. The van der Waals surface area contributed by atoms with Crippen molar-refractivity contribution >= 4 is 11.6 Å². The van der Waals surface area contributed by atoms with Gasteiger partial charge in [-0.05, 0) is 51.5 Å². The van der Waals surface area contributed by atoms with E-state index >= 15 is 0 Å². The van der Waals surface area contributed by atoms with E-state index in [0.717, 1.165) is 22.9 Å². The highest BCUT2D eigenvalue weighted by molar-refractivity contribution is 6.30. The fourth-order valence-electron chi connectivity index (χ4n) is 1.67. The summed E-state index contributed by atoms with van der Waals surface area (Å²) in [5, 5.41) is 4.15. The second-order valence-electron chi connectivity index (χ2n) is 5.74. The molecule has 0 aromatic heterocycles. The molecule has 1 unspecified atom stereocenters. The third kappa shape index (κ3) is 6.28. The molecule has 0 saturated carbocycles. The van der Waals surface area contributed by atoms with Crippen molar-refractivity contribution in [1.82, 2.24) is 5.32 Å². The largest absolute Gasteiger partial charge is 0.486 e. The van der Waals surface area contributed by atoms with Crippen molar-refractivity contribution in [3.8, 4) is 5.75 Å². The van der Waals surface area contributed by atoms with Gasteiger partial charge in [0, 0.05) is 24.2 Å². The van der Waals surface area contributed by atoms with Crippen molar-refractivity contribution < 1.29 is 9.47 Å². The molecule has 0 bridgehead atoms. The van der Waals surface area contributed by atoms with Gasteiger partial charge in [-0.2, -0.15) is 0 Å². The molecule has 0 amide bonds.